The Morgan fingerprint density at radius 1 is 1.28 bits per heavy atom. The second-order valence-corrected chi connectivity index (χ2v) is 5.45. The van der Waals surface area contributed by atoms with Crippen molar-refractivity contribution in [2.24, 2.45) is 5.73 Å². The van der Waals surface area contributed by atoms with Crippen LogP contribution >= 0.6 is 12.4 Å². The molecule has 3 saturated carbocycles. The number of methoxy groups -OCH3 is 1. The van der Waals surface area contributed by atoms with Crippen molar-refractivity contribution < 1.29 is 4.74 Å². The molecule has 3 fully saturated rings. The molecule has 0 radical (unpaired) electrons. The van der Waals surface area contributed by atoms with Gasteiger partial charge in [0.1, 0.15) is 11.0 Å². The van der Waals surface area contributed by atoms with Crippen LogP contribution in [0, 0.1) is 0 Å². The van der Waals surface area contributed by atoms with Crippen molar-refractivity contribution in [3.05, 3.63) is 18.3 Å². The molecule has 3 aliphatic carbocycles. The van der Waals surface area contributed by atoms with E-state index < -0.39 is 0 Å². The molecule has 2 heterocycles. The molecule has 5 rings (SSSR count). The molecule has 0 unspecified atom stereocenters. The fourth-order valence-electron chi connectivity index (χ4n) is 3.30. The Bertz CT molecular complexity index is 604. The van der Waals surface area contributed by atoms with Crippen LogP contribution in [0.4, 0.5) is 0 Å². The summed E-state index contributed by atoms with van der Waals surface area (Å²) in [6, 6.07) is 3.79. The van der Waals surface area contributed by atoms with Crippen LogP contribution in [0.15, 0.2) is 18.3 Å². The highest BCUT2D eigenvalue weighted by atomic mass is 35.5. The topological polar surface area (TPSA) is 66.0 Å². The molecule has 3 aliphatic rings. The van der Waals surface area contributed by atoms with Gasteiger partial charge in [0.05, 0.1) is 18.8 Å². The lowest BCUT2D eigenvalue weighted by atomic mass is 9.45. The maximum atomic E-state index is 6.07. The van der Waals surface area contributed by atoms with Crippen LogP contribution in [-0.4, -0.2) is 27.4 Å². The minimum Gasteiger partial charge on any atom is -0.481 e. The Kier molecular flexibility index (Phi) is 2.19. The highest BCUT2D eigenvalue weighted by molar-refractivity contribution is 5.85. The van der Waals surface area contributed by atoms with E-state index in [1.54, 1.807) is 7.11 Å². The lowest BCUT2D eigenvalue weighted by molar-refractivity contribution is -0.122. The third kappa shape index (κ3) is 1.31. The van der Waals surface area contributed by atoms with Gasteiger partial charge < -0.3 is 10.5 Å². The van der Waals surface area contributed by atoms with E-state index >= 15 is 0 Å². The molecule has 96 valence electrons. The van der Waals surface area contributed by atoms with Gasteiger partial charge in [-0.2, -0.15) is 5.10 Å². The number of ether oxygens (including phenoxy) is 1. The molecule has 0 aliphatic heterocycles. The third-order valence-electron chi connectivity index (χ3n) is 4.08. The van der Waals surface area contributed by atoms with Crippen LogP contribution in [0.5, 0.6) is 5.88 Å². The Balaban J connectivity index is 0.000001000. The van der Waals surface area contributed by atoms with Crippen molar-refractivity contribution in [2.75, 3.05) is 7.11 Å². The molecule has 2 aromatic heterocycles. The number of hydrogen-bond donors (Lipinski definition) is 1. The number of nitrogens with two attached hydrogens (primary N) is 1. The first-order valence-corrected chi connectivity index (χ1v) is 5.82. The standard InChI is InChI=1S/C12H14N4O.ClH/c1-17-10-3-2-8-9(14-10)4-16(15-8)12-5-11(13,6-12)7-12;/h2-4H,5-7,13H2,1H3;1H. The highest BCUT2D eigenvalue weighted by Crippen LogP contribution is 2.63. The van der Waals surface area contributed by atoms with Gasteiger partial charge >= 0.3 is 0 Å². The quantitative estimate of drug-likeness (QED) is 0.894. The molecule has 0 spiro atoms. The zero-order chi connectivity index (χ0) is 11.7. The van der Waals surface area contributed by atoms with E-state index in [4.69, 9.17) is 10.5 Å². The summed E-state index contributed by atoms with van der Waals surface area (Å²) in [6.45, 7) is 0. The van der Waals surface area contributed by atoms with Crippen molar-refractivity contribution in [3.63, 3.8) is 0 Å². The number of fused-ring (bicyclic) bond motifs is 1. The summed E-state index contributed by atoms with van der Waals surface area (Å²) >= 11 is 0. The van der Waals surface area contributed by atoms with Gasteiger partial charge in [0.2, 0.25) is 5.88 Å². The lowest BCUT2D eigenvalue weighted by Crippen LogP contribution is -2.76. The molecule has 5 nitrogen and oxygen atoms in total. The van der Waals surface area contributed by atoms with Crippen LogP contribution in [-0.2, 0) is 5.54 Å². The number of aromatic nitrogens is 3. The summed E-state index contributed by atoms with van der Waals surface area (Å²) in [4.78, 5) is 4.38. The summed E-state index contributed by atoms with van der Waals surface area (Å²) in [5, 5.41) is 4.59. The van der Waals surface area contributed by atoms with Crippen LogP contribution in [0.2, 0.25) is 0 Å². The van der Waals surface area contributed by atoms with Gasteiger partial charge in [-0.3, -0.25) is 4.68 Å². The minimum absolute atomic E-state index is 0. The summed E-state index contributed by atoms with van der Waals surface area (Å²) in [5.41, 5.74) is 8.16. The smallest absolute Gasteiger partial charge is 0.213 e. The van der Waals surface area contributed by atoms with Crippen LogP contribution in [0.3, 0.4) is 0 Å². The molecule has 2 bridgehead atoms. The highest BCUT2D eigenvalue weighted by Gasteiger charge is 2.67. The zero-order valence-corrected chi connectivity index (χ0v) is 10.9. The number of nitrogens with zero attached hydrogens (tertiary/aromatic N) is 3. The monoisotopic (exact) mass is 266 g/mol. The molecule has 0 atom stereocenters. The van der Waals surface area contributed by atoms with Crippen molar-refractivity contribution in [3.8, 4) is 5.88 Å². The van der Waals surface area contributed by atoms with Gasteiger partial charge in [0.15, 0.2) is 0 Å². The summed E-state index contributed by atoms with van der Waals surface area (Å²) in [6.07, 6.45) is 5.15. The maximum Gasteiger partial charge on any atom is 0.213 e. The maximum absolute atomic E-state index is 6.07. The van der Waals surface area contributed by atoms with Gasteiger partial charge in [-0.25, -0.2) is 4.98 Å². The molecule has 6 heteroatoms. The molecule has 0 amide bonds. The fraction of sp³-hybridized carbons (Fsp3) is 0.500. The van der Waals surface area contributed by atoms with Crippen molar-refractivity contribution in [1.29, 1.82) is 0 Å². The largest absolute Gasteiger partial charge is 0.481 e. The predicted molar refractivity (Wildman–Crippen MR) is 70.1 cm³/mol. The molecule has 2 N–H and O–H groups in total. The molecular weight excluding hydrogens is 252 g/mol. The van der Waals surface area contributed by atoms with Gasteiger partial charge in [0.25, 0.3) is 0 Å². The molecule has 2 aromatic rings. The first-order valence-electron chi connectivity index (χ1n) is 5.82. The molecule has 0 saturated heterocycles. The van der Waals surface area contributed by atoms with Crippen LogP contribution < -0.4 is 10.5 Å². The number of hydrogen-bond acceptors (Lipinski definition) is 4. The SMILES string of the molecule is COc1ccc2nn(C34CC(N)(C3)C4)cc2n1.Cl. The molecule has 18 heavy (non-hydrogen) atoms. The Labute approximate surface area is 111 Å². The Hall–Kier alpha value is -1.33. The average Bonchev–Trinajstić information content (AvgIpc) is 2.65. The number of halogens is 1. The summed E-state index contributed by atoms with van der Waals surface area (Å²) < 4.78 is 7.17. The minimum atomic E-state index is 0. The summed E-state index contributed by atoms with van der Waals surface area (Å²) in [5.74, 6) is 0.630. The van der Waals surface area contributed by atoms with E-state index in [0.717, 1.165) is 30.3 Å². The van der Waals surface area contributed by atoms with Gasteiger partial charge in [-0.15, -0.1) is 12.4 Å². The second-order valence-electron chi connectivity index (χ2n) is 5.45. The van der Waals surface area contributed by atoms with E-state index in [-0.39, 0.29) is 23.5 Å². The Morgan fingerprint density at radius 2 is 2.00 bits per heavy atom. The zero-order valence-electron chi connectivity index (χ0n) is 10.1. The van der Waals surface area contributed by atoms with Gasteiger partial charge in [0, 0.05) is 11.6 Å². The van der Waals surface area contributed by atoms with Crippen molar-refractivity contribution >= 4 is 23.4 Å². The molecule has 0 aromatic carbocycles. The number of rotatable bonds is 2. The first kappa shape index (κ1) is 11.7. The van der Waals surface area contributed by atoms with Gasteiger partial charge in [-0.1, -0.05) is 0 Å². The van der Waals surface area contributed by atoms with E-state index in [9.17, 15) is 0 Å². The Morgan fingerprint density at radius 3 is 2.61 bits per heavy atom. The third-order valence-corrected chi connectivity index (χ3v) is 4.08. The van der Waals surface area contributed by atoms with E-state index in [1.165, 1.54) is 0 Å². The molecular formula is C12H15ClN4O. The normalized spacial score (nSPS) is 32.3. The van der Waals surface area contributed by atoms with Crippen molar-refractivity contribution in [1.82, 2.24) is 14.8 Å². The summed E-state index contributed by atoms with van der Waals surface area (Å²) in [7, 11) is 1.62. The van der Waals surface area contributed by atoms with Crippen molar-refractivity contribution in [2.45, 2.75) is 30.3 Å². The fourth-order valence-corrected chi connectivity index (χ4v) is 3.30. The number of pyridine rings is 1. The van der Waals surface area contributed by atoms with Crippen LogP contribution in [0.25, 0.3) is 11.0 Å². The second kappa shape index (κ2) is 3.36. The average molecular weight is 267 g/mol. The predicted octanol–water partition coefficient (Wildman–Crippen LogP) is 1.45. The van der Waals surface area contributed by atoms with E-state index in [0.29, 0.717) is 5.88 Å². The van der Waals surface area contributed by atoms with E-state index in [1.807, 2.05) is 18.3 Å². The lowest BCUT2D eigenvalue weighted by Gasteiger charge is -2.68. The van der Waals surface area contributed by atoms with Gasteiger partial charge in [-0.05, 0) is 25.3 Å². The van der Waals surface area contributed by atoms with E-state index in [2.05, 4.69) is 14.8 Å². The van der Waals surface area contributed by atoms with Crippen LogP contribution in [0.1, 0.15) is 19.3 Å². The first-order chi connectivity index (χ1) is 8.12.